The van der Waals surface area contributed by atoms with Crippen LogP contribution in [0, 0.1) is 0 Å². The molecule has 4 heteroatoms. The van der Waals surface area contributed by atoms with Crippen molar-refractivity contribution in [2.75, 3.05) is 6.61 Å². The molecule has 0 aliphatic heterocycles. The Labute approximate surface area is 153 Å². The molecule has 3 aromatic rings. The summed E-state index contributed by atoms with van der Waals surface area (Å²) in [7, 11) is 0. The van der Waals surface area contributed by atoms with Gasteiger partial charge in [-0.25, -0.2) is 4.99 Å². The van der Waals surface area contributed by atoms with E-state index in [4.69, 9.17) is 9.73 Å². The van der Waals surface area contributed by atoms with E-state index in [1.807, 2.05) is 31.2 Å². The monoisotopic (exact) mass is 352 g/mol. The van der Waals surface area contributed by atoms with Gasteiger partial charge in [0.2, 0.25) is 0 Å². The Kier molecular flexibility index (Phi) is 6.07. The molecular weight excluding hydrogens is 328 g/mol. The van der Waals surface area contributed by atoms with E-state index in [0.29, 0.717) is 6.61 Å². The highest BCUT2D eigenvalue weighted by Crippen LogP contribution is 2.22. The number of ether oxygens (including phenoxy) is 1. The zero-order chi connectivity index (χ0) is 17.5. The number of hydrogen-bond donors (Lipinski definition) is 0. The van der Waals surface area contributed by atoms with Crippen LogP contribution in [0.4, 0.5) is 5.69 Å². The lowest BCUT2D eigenvalue weighted by Gasteiger charge is -2.08. The second-order valence-corrected chi connectivity index (χ2v) is 6.65. The molecule has 0 N–H and O–H groups in total. The van der Waals surface area contributed by atoms with Crippen LogP contribution in [0.2, 0.25) is 0 Å². The molecule has 0 spiro atoms. The molecular formula is C21H24N2OS. The van der Waals surface area contributed by atoms with E-state index in [-0.39, 0.29) is 0 Å². The van der Waals surface area contributed by atoms with Gasteiger partial charge >= 0.3 is 0 Å². The minimum absolute atomic E-state index is 0.679. The minimum Gasteiger partial charge on any atom is -0.494 e. The van der Waals surface area contributed by atoms with E-state index in [2.05, 4.69) is 47.2 Å². The van der Waals surface area contributed by atoms with Crippen LogP contribution < -0.4 is 9.54 Å². The number of rotatable bonds is 7. The fourth-order valence-electron chi connectivity index (χ4n) is 2.68. The molecule has 0 atom stereocenters. The SMILES string of the molecule is CCCCn1c(-c2ccccc2)csc1=Nc1ccc(OCC)cc1. The highest BCUT2D eigenvalue weighted by Gasteiger charge is 2.07. The Morgan fingerprint density at radius 3 is 2.44 bits per heavy atom. The first-order valence-electron chi connectivity index (χ1n) is 8.83. The van der Waals surface area contributed by atoms with Crippen molar-refractivity contribution < 1.29 is 4.74 Å². The zero-order valence-corrected chi connectivity index (χ0v) is 15.6. The van der Waals surface area contributed by atoms with Gasteiger partial charge in [-0.1, -0.05) is 43.7 Å². The van der Waals surface area contributed by atoms with Gasteiger partial charge in [0.1, 0.15) is 5.75 Å². The van der Waals surface area contributed by atoms with Crippen LogP contribution in [0.3, 0.4) is 0 Å². The molecule has 0 unspecified atom stereocenters. The molecule has 0 radical (unpaired) electrons. The van der Waals surface area contributed by atoms with Gasteiger partial charge in [-0.3, -0.25) is 0 Å². The molecule has 0 fully saturated rings. The number of unbranched alkanes of at least 4 members (excludes halogenated alkanes) is 1. The molecule has 25 heavy (non-hydrogen) atoms. The zero-order valence-electron chi connectivity index (χ0n) is 14.8. The number of hydrogen-bond acceptors (Lipinski definition) is 3. The number of nitrogens with zero attached hydrogens (tertiary/aromatic N) is 2. The maximum absolute atomic E-state index is 5.51. The Hall–Kier alpha value is -2.33. The van der Waals surface area contributed by atoms with Gasteiger partial charge in [0.25, 0.3) is 0 Å². The molecule has 1 aromatic heterocycles. The largest absolute Gasteiger partial charge is 0.494 e. The van der Waals surface area contributed by atoms with Gasteiger partial charge < -0.3 is 9.30 Å². The molecule has 3 nitrogen and oxygen atoms in total. The number of thiazole rings is 1. The molecule has 0 aliphatic carbocycles. The minimum atomic E-state index is 0.679. The van der Waals surface area contributed by atoms with Crippen LogP contribution in [-0.4, -0.2) is 11.2 Å². The fraction of sp³-hybridized carbons (Fsp3) is 0.286. The third-order valence-corrected chi connectivity index (χ3v) is 4.84. The molecule has 3 rings (SSSR count). The number of benzene rings is 2. The predicted octanol–water partition coefficient (Wildman–Crippen LogP) is 5.65. The summed E-state index contributed by atoms with van der Waals surface area (Å²) in [5, 5.41) is 2.21. The van der Waals surface area contributed by atoms with E-state index in [9.17, 15) is 0 Å². The second-order valence-electron chi connectivity index (χ2n) is 5.81. The summed E-state index contributed by atoms with van der Waals surface area (Å²) in [5.74, 6) is 0.886. The summed E-state index contributed by atoms with van der Waals surface area (Å²) in [6, 6.07) is 18.5. The van der Waals surface area contributed by atoms with E-state index >= 15 is 0 Å². The maximum Gasteiger partial charge on any atom is 0.190 e. The first kappa shape index (κ1) is 17.5. The lowest BCUT2D eigenvalue weighted by atomic mass is 10.2. The van der Waals surface area contributed by atoms with E-state index in [1.165, 1.54) is 17.7 Å². The van der Waals surface area contributed by atoms with E-state index < -0.39 is 0 Å². The molecule has 0 amide bonds. The summed E-state index contributed by atoms with van der Waals surface area (Å²) in [6.45, 7) is 5.88. The Balaban J connectivity index is 1.98. The maximum atomic E-state index is 5.51. The molecule has 130 valence electrons. The lowest BCUT2D eigenvalue weighted by Crippen LogP contribution is -2.15. The molecule has 0 aliphatic rings. The Bertz CT molecular complexity index is 848. The fourth-order valence-corrected chi connectivity index (χ4v) is 3.64. The summed E-state index contributed by atoms with van der Waals surface area (Å²) in [6.07, 6.45) is 2.31. The highest BCUT2D eigenvalue weighted by atomic mass is 32.1. The topological polar surface area (TPSA) is 26.5 Å². The van der Waals surface area contributed by atoms with Crippen molar-refractivity contribution in [3.63, 3.8) is 0 Å². The van der Waals surface area contributed by atoms with Crippen LogP contribution in [-0.2, 0) is 6.54 Å². The van der Waals surface area contributed by atoms with Gasteiger partial charge in [0, 0.05) is 11.9 Å². The van der Waals surface area contributed by atoms with E-state index in [1.54, 1.807) is 11.3 Å². The van der Waals surface area contributed by atoms with Crippen LogP contribution in [0.15, 0.2) is 65.0 Å². The quantitative estimate of drug-likeness (QED) is 0.540. The molecule has 0 bridgehead atoms. The third kappa shape index (κ3) is 4.40. The van der Waals surface area contributed by atoms with Crippen LogP contribution in [0.1, 0.15) is 26.7 Å². The van der Waals surface area contributed by atoms with Crippen LogP contribution in [0.5, 0.6) is 5.75 Å². The normalized spacial score (nSPS) is 11.7. The van der Waals surface area contributed by atoms with Gasteiger partial charge in [-0.15, -0.1) is 11.3 Å². The Morgan fingerprint density at radius 2 is 1.76 bits per heavy atom. The van der Waals surface area contributed by atoms with Gasteiger partial charge in [-0.05, 0) is 43.2 Å². The van der Waals surface area contributed by atoms with Gasteiger partial charge in [-0.2, -0.15) is 0 Å². The van der Waals surface area contributed by atoms with E-state index in [0.717, 1.165) is 29.2 Å². The van der Waals surface area contributed by atoms with Crippen LogP contribution in [0.25, 0.3) is 11.3 Å². The summed E-state index contributed by atoms with van der Waals surface area (Å²) in [4.78, 5) is 5.91. The first-order chi connectivity index (χ1) is 12.3. The standard InChI is InChI=1S/C21H24N2OS/c1-3-5-15-23-20(17-9-7-6-8-10-17)16-25-21(23)22-18-11-13-19(14-12-18)24-4-2/h6-14,16H,3-5,15H2,1-2H3. The van der Waals surface area contributed by atoms with Crippen molar-refractivity contribution in [2.24, 2.45) is 4.99 Å². The Morgan fingerprint density at radius 1 is 1.00 bits per heavy atom. The van der Waals surface area contributed by atoms with Crippen molar-refractivity contribution in [1.82, 2.24) is 4.57 Å². The first-order valence-corrected chi connectivity index (χ1v) is 9.71. The molecule has 1 heterocycles. The van der Waals surface area contributed by atoms with Gasteiger partial charge in [0.15, 0.2) is 4.80 Å². The van der Waals surface area contributed by atoms with Crippen molar-refractivity contribution in [3.05, 3.63) is 64.8 Å². The van der Waals surface area contributed by atoms with Gasteiger partial charge in [0.05, 0.1) is 18.0 Å². The smallest absolute Gasteiger partial charge is 0.190 e. The van der Waals surface area contributed by atoms with Crippen molar-refractivity contribution in [3.8, 4) is 17.0 Å². The van der Waals surface area contributed by atoms with Crippen molar-refractivity contribution in [2.45, 2.75) is 33.2 Å². The lowest BCUT2D eigenvalue weighted by molar-refractivity contribution is 0.340. The summed E-state index contributed by atoms with van der Waals surface area (Å²) in [5.41, 5.74) is 3.43. The third-order valence-electron chi connectivity index (χ3n) is 3.97. The van der Waals surface area contributed by atoms with Crippen molar-refractivity contribution >= 4 is 17.0 Å². The average molecular weight is 353 g/mol. The highest BCUT2D eigenvalue weighted by molar-refractivity contribution is 7.07. The molecule has 0 saturated carbocycles. The molecule has 0 saturated heterocycles. The van der Waals surface area contributed by atoms with Crippen LogP contribution >= 0.6 is 11.3 Å². The van der Waals surface area contributed by atoms with Crippen molar-refractivity contribution in [1.29, 1.82) is 0 Å². The second kappa shape index (κ2) is 8.67. The summed E-state index contributed by atoms with van der Waals surface area (Å²) >= 11 is 1.70. The predicted molar refractivity (Wildman–Crippen MR) is 105 cm³/mol. The summed E-state index contributed by atoms with van der Waals surface area (Å²) < 4.78 is 7.84. The number of aromatic nitrogens is 1. The average Bonchev–Trinajstić information content (AvgIpc) is 3.05. The molecule has 2 aromatic carbocycles.